The molecular formula is C12H20F3NO3. The third-order valence-electron chi connectivity index (χ3n) is 2.89. The maximum Gasteiger partial charge on any atom is 0.414 e. The van der Waals surface area contributed by atoms with Gasteiger partial charge in [-0.05, 0) is 33.6 Å². The lowest BCUT2D eigenvalue weighted by molar-refractivity contribution is -0.223. The SMILES string of the molecule is CC(C)(C)OC(=O)N1CCC[C@H]([C@@H](O)C(F)(F)F)C1. The molecule has 0 aromatic rings. The molecule has 0 spiro atoms. The fourth-order valence-electron chi connectivity index (χ4n) is 2.03. The molecule has 0 radical (unpaired) electrons. The van der Waals surface area contributed by atoms with Gasteiger partial charge in [-0.2, -0.15) is 13.2 Å². The van der Waals surface area contributed by atoms with Gasteiger partial charge in [0, 0.05) is 19.0 Å². The van der Waals surface area contributed by atoms with Crippen LogP contribution in [0.4, 0.5) is 18.0 Å². The molecule has 1 aliphatic rings. The normalized spacial score (nSPS) is 23.1. The first kappa shape index (κ1) is 16.1. The monoisotopic (exact) mass is 283 g/mol. The molecule has 1 amide bonds. The predicted octanol–water partition coefficient (Wildman–Crippen LogP) is 2.56. The molecule has 1 aliphatic heterocycles. The van der Waals surface area contributed by atoms with Crippen molar-refractivity contribution < 1.29 is 27.8 Å². The summed E-state index contributed by atoms with van der Waals surface area (Å²) in [6, 6.07) is 0. The van der Waals surface area contributed by atoms with Crippen molar-refractivity contribution >= 4 is 6.09 Å². The van der Waals surface area contributed by atoms with E-state index in [0.717, 1.165) is 0 Å². The standard InChI is InChI=1S/C12H20F3NO3/c1-11(2,3)19-10(18)16-6-4-5-8(7-16)9(17)12(13,14)15/h8-9,17H,4-7H2,1-3H3/t8-,9+/m0/s1. The number of alkyl halides is 3. The van der Waals surface area contributed by atoms with Crippen molar-refractivity contribution in [1.29, 1.82) is 0 Å². The Balaban J connectivity index is 2.62. The van der Waals surface area contributed by atoms with Crippen molar-refractivity contribution in [2.24, 2.45) is 5.92 Å². The Morgan fingerprint density at radius 2 is 1.95 bits per heavy atom. The Kier molecular flexibility index (Phi) is 4.71. The largest absolute Gasteiger partial charge is 0.444 e. The van der Waals surface area contributed by atoms with Crippen LogP contribution in [-0.2, 0) is 4.74 Å². The fraction of sp³-hybridized carbons (Fsp3) is 0.917. The molecule has 0 aromatic carbocycles. The number of aliphatic hydroxyl groups excluding tert-OH is 1. The van der Waals surface area contributed by atoms with Crippen molar-refractivity contribution in [1.82, 2.24) is 4.90 Å². The van der Waals surface area contributed by atoms with Crippen LogP contribution < -0.4 is 0 Å². The molecular weight excluding hydrogens is 263 g/mol. The van der Waals surface area contributed by atoms with E-state index in [-0.39, 0.29) is 13.0 Å². The first-order valence-electron chi connectivity index (χ1n) is 6.23. The van der Waals surface area contributed by atoms with Crippen LogP contribution in [0.1, 0.15) is 33.6 Å². The number of hydrogen-bond donors (Lipinski definition) is 1. The Labute approximate surface area is 110 Å². The smallest absolute Gasteiger partial charge is 0.414 e. The summed E-state index contributed by atoms with van der Waals surface area (Å²) in [4.78, 5) is 13.0. The molecule has 0 aromatic heterocycles. The number of likely N-dealkylation sites (tertiary alicyclic amines) is 1. The molecule has 1 fully saturated rings. The molecule has 2 atom stereocenters. The first-order valence-corrected chi connectivity index (χ1v) is 6.23. The minimum absolute atomic E-state index is 0.129. The number of carbonyl (C=O) groups is 1. The number of piperidine rings is 1. The number of amides is 1. The number of nitrogens with zero attached hydrogens (tertiary/aromatic N) is 1. The van der Waals surface area contributed by atoms with Gasteiger partial charge in [0.2, 0.25) is 0 Å². The van der Waals surface area contributed by atoms with Crippen LogP contribution >= 0.6 is 0 Å². The van der Waals surface area contributed by atoms with E-state index in [1.165, 1.54) is 4.90 Å². The molecule has 1 rings (SSSR count). The zero-order valence-corrected chi connectivity index (χ0v) is 11.3. The van der Waals surface area contributed by atoms with Crippen LogP contribution in [0.25, 0.3) is 0 Å². The lowest BCUT2D eigenvalue weighted by atomic mass is 9.92. The van der Waals surface area contributed by atoms with Crippen LogP contribution in [-0.4, -0.2) is 47.1 Å². The number of halogens is 3. The van der Waals surface area contributed by atoms with Gasteiger partial charge in [-0.25, -0.2) is 4.79 Å². The Bertz CT molecular complexity index is 325. The van der Waals surface area contributed by atoms with Crippen LogP contribution in [0.15, 0.2) is 0 Å². The van der Waals surface area contributed by atoms with Gasteiger partial charge in [-0.3, -0.25) is 0 Å². The summed E-state index contributed by atoms with van der Waals surface area (Å²) in [6.45, 7) is 5.30. The highest BCUT2D eigenvalue weighted by Gasteiger charge is 2.45. The van der Waals surface area contributed by atoms with E-state index in [2.05, 4.69) is 0 Å². The van der Waals surface area contributed by atoms with Gasteiger partial charge in [-0.1, -0.05) is 0 Å². The minimum Gasteiger partial charge on any atom is -0.444 e. The van der Waals surface area contributed by atoms with E-state index in [0.29, 0.717) is 13.0 Å². The van der Waals surface area contributed by atoms with Crippen molar-refractivity contribution in [2.45, 2.75) is 51.5 Å². The second-order valence-corrected chi connectivity index (χ2v) is 5.82. The van der Waals surface area contributed by atoms with E-state index in [9.17, 15) is 23.1 Å². The summed E-state index contributed by atoms with van der Waals surface area (Å²) in [5.74, 6) is -0.985. The highest BCUT2D eigenvalue weighted by Crippen LogP contribution is 2.31. The molecule has 112 valence electrons. The van der Waals surface area contributed by atoms with Gasteiger partial charge in [0.1, 0.15) is 5.60 Å². The summed E-state index contributed by atoms with van der Waals surface area (Å²) in [6.07, 6.45) is -7.00. The molecule has 0 bridgehead atoms. The number of carbonyl (C=O) groups excluding carboxylic acids is 1. The zero-order chi connectivity index (χ0) is 14.8. The molecule has 1 heterocycles. The Morgan fingerprint density at radius 1 is 1.37 bits per heavy atom. The Morgan fingerprint density at radius 3 is 2.42 bits per heavy atom. The van der Waals surface area contributed by atoms with Gasteiger partial charge in [0.05, 0.1) is 0 Å². The highest BCUT2D eigenvalue weighted by atomic mass is 19.4. The van der Waals surface area contributed by atoms with Crippen molar-refractivity contribution in [3.8, 4) is 0 Å². The maximum absolute atomic E-state index is 12.4. The van der Waals surface area contributed by atoms with Crippen molar-refractivity contribution in [2.75, 3.05) is 13.1 Å². The third-order valence-corrected chi connectivity index (χ3v) is 2.89. The molecule has 19 heavy (non-hydrogen) atoms. The molecule has 0 aliphatic carbocycles. The van der Waals surface area contributed by atoms with Crippen LogP contribution in [0, 0.1) is 5.92 Å². The quantitative estimate of drug-likeness (QED) is 0.804. The highest BCUT2D eigenvalue weighted by molar-refractivity contribution is 5.68. The van der Waals surface area contributed by atoms with Crippen molar-refractivity contribution in [3.05, 3.63) is 0 Å². The van der Waals surface area contributed by atoms with E-state index in [1.54, 1.807) is 20.8 Å². The van der Waals surface area contributed by atoms with Gasteiger partial charge < -0.3 is 14.7 Å². The summed E-state index contributed by atoms with van der Waals surface area (Å²) < 4.78 is 42.5. The summed E-state index contributed by atoms with van der Waals surface area (Å²) >= 11 is 0. The second-order valence-electron chi connectivity index (χ2n) is 5.82. The van der Waals surface area contributed by atoms with E-state index in [4.69, 9.17) is 4.74 Å². The number of rotatable bonds is 1. The fourth-order valence-corrected chi connectivity index (χ4v) is 2.03. The summed E-state index contributed by atoms with van der Waals surface area (Å²) in [5.41, 5.74) is -0.688. The van der Waals surface area contributed by atoms with Gasteiger partial charge >= 0.3 is 12.3 Å². The van der Waals surface area contributed by atoms with Crippen molar-refractivity contribution in [3.63, 3.8) is 0 Å². The van der Waals surface area contributed by atoms with E-state index < -0.39 is 29.9 Å². The molecule has 7 heteroatoms. The second kappa shape index (κ2) is 5.56. The van der Waals surface area contributed by atoms with Gasteiger partial charge in [0.25, 0.3) is 0 Å². The lowest BCUT2D eigenvalue weighted by Crippen LogP contribution is -2.48. The maximum atomic E-state index is 12.4. The zero-order valence-electron chi connectivity index (χ0n) is 11.3. The third kappa shape index (κ3) is 4.89. The number of hydrogen-bond acceptors (Lipinski definition) is 3. The van der Waals surface area contributed by atoms with E-state index in [1.807, 2.05) is 0 Å². The Hall–Kier alpha value is -0.980. The van der Waals surface area contributed by atoms with Crippen LogP contribution in [0.2, 0.25) is 0 Å². The first-order chi connectivity index (χ1) is 8.50. The molecule has 0 saturated carbocycles. The minimum atomic E-state index is -4.65. The molecule has 1 saturated heterocycles. The number of aliphatic hydroxyl groups is 1. The summed E-state index contributed by atoms with van der Waals surface area (Å²) in [7, 11) is 0. The predicted molar refractivity (Wildman–Crippen MR) is 62.6 cm³/mol. The average molecular weight is 283 g/mol. The average Bonchev–Trinajstić information content (AvgIpc) is 2.24. The van der Waals surface area contributed by atoms with Crippen LogP contribution in [0.5, 0.6) is 0 Å². The molecule has 1 N–H and O–H groups in total. The van der Waals surface area contributed by atoms with Crippen LogP contribution in [0.3, 0.4) is 0 Å². The van der Waals surface area contributed by atoms with E-state index >= 15 is 0 Å². The summed E-state index contributed by atoms with van der Waals surface area (Å²) in [5, 5.41) is 9.24. The molecule has 0 unspecified atom stereocenters. The topological polar surface area (TPSA) is 49.8 Å². The molecule has 4 nitrogen and oxygen atoms in total. The van der Waals surface area contributed by atoms with Gasteiger partial charge in [0.15, 0.2) is 6.10 Å². The lowest BCUT2D eigenvalue weighted by Gasteiger charge is -2.36. The van der Waals surface area contributed by atoms with Gasteiger partial charge in [-0.15, -0.1) is 0 Å². The number of ether oxygens (including phenoxy) is 1.